The van der Waals surface area contributed by atoms with Gasteiger partial charge in [-0.3, -0.25) is 15.3 Å². The van der Waals surface area contributed by atoms with Gasteiger partial charge >= 0.3 is 11.7 Å². The quantitative estimate of drug-likeness (QED) is 0.249. The number of carbonyl (C=O) groups excluding carboxylic acids is 1. The summed E-state index contributed by atoms with van der Waals surface area (Å²) in [6.07, 6.45) is -2.11. The Morgan fingerprint density at radius 1 is 1.39 bits per heavy atom. The first-order valence-electron chi connectivity index (χ1n) is 9.03. The summed E-state index contributed by atoms with van der Waals surface area (Å²) in [7, 11) is 0. The lowest BCUT2D eigenvalue weighted by Gasteiger charge is -2.24. The van der Waals surface area contributed by atoms with E-state index in [9.17, 15) is 19.8 Å². The van der Waals surface area contributed by atoms with Crippen LogP contribution >= 0.6 is 0 Å². The SMILES string of the molecule is CCCCOC(C)(C)C(=O)OC[C@H]1O[C@@H](n2ccc(NO)nc2=O)[C@H](O)[C@@H]1O. The van der Waals surface area contributed by atoms with Gasteiger partial charge in [-0.2, -0.15) is 4.98 Å². The Balaban J connectivity index is 1.99. The van der Waals surface area contributed by atoms with Gasteiger partial charge in [0.2, 0.25) is 0 Å². The van der Waals surface area contributed by atoms with Gasteiger partial charge in [-0.05, 0) is 26.3 Å². The highest BCUT2D eigenvalue weighted by atomic mass is 16.6. The number of aromatic nitrogens is 2. The Morgan fingerprint density at radius 3 is 2.71 bits per heavy atom. The molecule has 158 valence electrons. The summed E-state index contributed by atoms with van der Waals surface area (Å²) in [5, 5.41) is 29.2. The Labute approximate surface area is 161 Å². The van der Waals surface area contributed by atoms with Crippen molar-refractivity contribution in [1.29, 1.82) is 0 Å². The highest BCUT2D eigenvalue weighted by Crippen LogP contribution is 2.29. The molecule has 28 heavy (non-hydrogen) atoms. The van der Waals surface area contributed by atoms with Crippen LogP contribution in [-0.4, -0.2) is 68.1 Å². The predicted molar refractivity (Wildman–Crippen MR) is 95.7 cm³/mol. The summed E-state index contributed by atoms with van der Waals surface area (Å²) < 4.78 is 17.2. The number of rotatable bonds is 9. The number of nitrogens with one attached hydrogen (secondary N) is 1. The zero-order valence-corrected chi connectivity index (χ0v) is 16.1. The average molecular weight is 401 g/mol. The van der Waals surface area contributed by atoms with Crippen LogP contribution in [0.25, 0.3) is 0 Å². The molecule has 0 unspecified atom stereocenters. The van der Waals surface area contributed by atoms with Crippen molar-refractivity contribution >= 4 is 11.8 Å². The van der Waals surface area contributed by atoms with Gasteiger partial charge in [-0.25, -0.2) is 9.59 Å². The number of aliphatic hydroxyl groups is 2. The molecular weight excluding hydrogens is 374 g/mol. The number of hydrogen-bond acceptors (Lipinski definition) is 10. The van der Waals surface area contributed by atoms with E-state index in [1.54, 1.807) is 19.3 Å². The Hall–Kier alpha value is -2.05. The lowest BCUT2D eigenvalue weighted by atomic mass is 10.1. The molecule has 0 spiro atoms. The van der Waals surface area contributed by atoms with E-state index < -0.39 is 41.8 Å². The van der Waals surface area contributed by atoms with Crippen molar-refractivity contribution in [1.82, 2.24) is 9.55 Å². The molecule has 0 saturated carbocycles. The zero-order valence-electron chi connectivity index (χ0n) is 16.1. The first-order valence-corrected chi connectivity index (χ1v) is 9.03. The second kappa shape index (κ2) is 9.43. The minimum atomic E-state index is -1.44. The molecule has 1 aliphatic rings. The van der Waals surface area contributed by atoms with Gasteiger partial charge in [0, 0.05) is 12.8 Å². The second-order valence-electron chi connectivity index (χ2n) is 6.97. The van der Waals surface area contributed by atoms with E-state index in [4.69, 9.17) is 19.4 Å². The van der Waals surface area contributed by atoms with Crippen LogP contribution in [0, 0.1) is 0 Å². The predicted octanol–water partition coefficient (Wildman–Crippen LogP) is -0.198. The van der Waals surface area contributed by atoms with Gasteiger partial charge in [-0.1, -0.05) is 13.3 Å². The monoisotopic (exact) mass is 401 g/mol. The molecule has 1 aromatic rings. The summed E-state index contributed by atoms with van der Waals surface area (Å²) >= 11 is 0. The maximum absolute atomic E-state index is 12.2. The Morgan fingerprint density at radius 2 is 2.11 bits per heavy atom. The van der Waals surface area contributed by atoms with Crippen molar-refractivity contribution < 1.29 is 34.4 Å². The lowest BCUT2D eigenvalue weighted by Crippen LogP contribution is -2.40. The third kappa shape index (κ3) is 5.06. The molecule has 4 N–H and O–H groups in total. The molecule has 2 rings (SSSR count). The lowest BCUT2D eigenvalue weighted by molar-refractivity contribution is -0.174. The minimum Gasteiger partial charge on any atom is -0.461 e. The minimum absolute atomic E-state index is 0.0786. The van der Waals surface area contributed by atoms with Crippen LogP contribution in [0.5, 0.6) is 0 Å². The standard InChI is InChI=1S/C17H27N3O8/c1-4-5-8-27-17(2,3)15(23)26-9-10-12(21)13(22)14(28-10)20-7-6-11(19-25)18-16(20)24/h6-7,10,12-14,21-22,25H,4-5,8-9H2,1-3H3,(H,18,19,24)/t10-,12-,13-,14-/m1/s1. The summed E-state index contributed by atoms with van der Waals surface area (Å²) in [6.45, 7) is 5.25. The van der Waals surface area contributed by atoms with Crippen LogP contribution in [-0.2, 0) is 19.0 Å². The maximum Gasteiger partial charge on any atom is 0.351 e. The molecular formula is C17H27N3O8. The first kappa shape index (κ1) is 22.2. The van der Waals surface area contributed by atoms with Crippen LogP contribution in [0.2, 0.25) is 0 Å². The molecule has 1 aromatic heterocycles. The topological polar surface area (TPSA) is 152 Å². The number of anilines is 1. The van der Waals surface area contributed by atoms with Gasteiger partial charge in [0.15, 0.2) is 17.6 Å². The van der Waals surface area contributed by atoms with Crippen molar-refractivity contribution in [2.75, 3.05) is 18.7 Å². The molecule has 0 radical (unpaired) electrons. The smallest absolute Gasteiger partial charge is 0.351 e. The van der Waals surface area contributed by atoms with Gasteiger partial charge in [-0.15, -0.1) is 0 Å². The number of ether oxygens (including phenoxy) is 3. The molecule has 1 saturated heterocycles. The van der Waals surface area contributed by atoms with Crippen molar-refractivity contribution in [2.24, 2.45) is 0 Å². The van der Waals surface area contributed by atoms with E-state index in [1.165, 1.54) is 12.3 Å². The van der Waals surface area contributed by atoms with Crippen LogP contribution in [0.4, 0.5) is 5.82 Å². The van der Waals surface area contributed by atoms with E-state index in [2.05, 4.69) is 4.98 Å². The molecule has 0 aromatic carbocycles. The van der Waals surface area contributed by atoms with Crippen LogP contribution < -0.4 is 11.2 Å². The normalized spacial score (nSPS) is 24.9. The highest BCUT2D eigenvalue weighted by Gasteiger charge is 2.45. The van der Waals surface area contributed by atoms with E-state index >= 15 is 0 Å². The highest BCUT2D eigenvalue weighted by molar-refractivity contribution is 5.78. The van der Waals surface area contributed by atoms with Crippen LogP contribution in [0.3, 0.4) is 0 Å². The van der Waals surface area contributed by atoms with Crippen molar-refractivity contribution in [3.63, 3.8) is 0 Å². The van der Waals surface area contributed by atoms with E-state index in [-0.39, 0.29) is 12.4 Å². The fourth-order valence-corrected chi connectivity index (χ4v) is 2.63. The fraction of sp³-hybridized carbons (Fsp3) is 0.706. The summed E-state index contributed by atoms with van der Waals surface area (Å²) in [4.78, 5) is 27.8. The molecule has 11 nitrogen and oxygen atoms in total. The van der Waals surface area contributed by atoms with Gasteiger partial charge in [0.05, 0.1) is 0 Å². The third-order valence-electron chi connectivity index (χ3n) is 4.39. The Kier molecular flexibility index (Phi) is 7.49. The summed E-state index contributed by atoms with van der Waals surface area (Å²) in [5.41, 5.74) is -0.236. The second-order valence-corrected chi connectivity index (χ2v) is 6.97. The van der Waals surface area contributed by atoms with Crippen LogP contribution in [0.1, 0.15) is 39.8 Å². The fourth-order valence-electron chi connectivity index (χ4n) is 2.63. The molecule has 11 heteroatoms. The molecule has 1 aliphatic heterocycles. The molecule has 1 fully saturated rings. The largest absolute Gasteiger partial charge is 0.461 e. The molecule has 4 atom stereocenters. The average Bonchev–Trinajstić information content (AvgIpc) is 2.94. The van der Waals surface area contributed by atoms with Gasteiger partial charge in [0.1, 0.15) is 24.9 Å². The Bertz CT molecular complexity index is 723. The van der Waals surface area contributed by atoms with Crippen molar-refractivity contribution in [3.8, 4) is 0 Å². The van der Waals surface area contributed by atoms with Crippen molar-refractivity contribution in [3.05, 3.63) is 22.7 Å². The number of aliphatic hydroxyl groups excluding tert-OH is 2. The van der Waals surface area contributed by atoms with Gasteiger partial charge < -0.3 is 24.4 Å². The van der Waals surface area contributed by atoms with E-state index in [1.807, 2.05) is 6.92 Å². The van der Waals surface area contributed by atoms with Gasteiger partial charge in [0.25, 0.3) is 0 Å². The number of hydrogen-bond donors (Lipinski definition) is 4. The molecule has 0 aliphatic carbocycles. The van der Waals surface area contributed by atoms with Crippen LogP contribution in [0.15, 0.2) is 17.1 Å². The first-order chi connectivity index (χ1) is 13.2. The van der Waals surface area contributed by atoms with E-state index in [0.717, 1.165) is 17.4 Å². The number of esters is 1. The summed E-state index contributed by atoms with van der Waals surface area (Å²) in [5.74, 6) is -0.709. The number of unbranched alkanes of at least 4 members (excludes halogenated alkanes) is 1. The number of nitrogens with zero attached hydrogens (tertiary/aromatic N) is 2. The third-order valence-corrected chi connectivity index (χ3v) is 4.39. The summed E-state index contributed by atoms with van der Waals surface area (Å²) in [6, 6.07) is 1.29. The molecule has 2 heterocycles. The molecule has 0 amide bonds. The van der Waals surface area contributed by atoms with Crippen molar-refractivity contribution in [2.45, 2.75) is 63.8 Å². The number of carbonyl (C=O) groups is 1. The maximum atomic E-state index is 12.2. The van der Waals surface area contributed by atoms with E-state index in [0.29, 0.717) is 6.61 Å². The zero-order chi connectivity index (χ0) is 20.9. The molecule has 0 bridgehead atoms.